The zero-order valence-electron chi connectivity index (χ0n) is 19.6. The third-order valence-electron chi connectivity index (χ3n) is 6.16. The number of anilines is 1. The van der Waals surface area contributed by atoms with Crippen LogP contribution in [0, 0.1) is 0 Å². The van der Waals surface area contributed by atoms with Crippen molar-refractivity contribution in [2.45, 2.75) is 36.9 Å². The Balaban J connectivity index is 1.67. The number of thiophene rings is 1. The van der Waals surface area contributed by atoms with Gasteiger partial charge in [-0.05, 0) is 55.6 Å². The lowest BCUT2D eigenvalue weighted by Crippen LogP contribution is -2.49. The van der Waals surface area contributed by atoms with Gasteiger partial charge in [0, 0.05) is 19.6 Å². The molecule has 4 rings (SSSR count). The quantitative estimate of drug-likeness (QED) is 0.402. The van der Waals surface area contributed by atoms with E-state index < -0.39 is 16.1 Å². The number of rotatable bonds is 10. The standard InChI is InChI=1S/C23H30N4O4S3/c1-4-25(5-2)13-14-26(23-24-18-11-10-17(31-3)16-20(18)33-23)22(28)19-8-6-12-27(19)34(29,30)21-9-7-15-32-21/h7,9-11,15-16,19H,4-6,8,12-14H2,1-3H3. The second-order valence-electron chi connectivity index (χ2n) is 8.05. The predicted molar refractivity (Wildman–Crippen MR) is 138 cm³/mol. The Morgan fingerprint density at radius 1 is 1.24 bits per heavy atom. The Bertz CT molecular complexity index is 1220. The Morgan fingerprint density at radius 3 is 2.71 bits per heavy atom. The summed E-state index contributed by atoms with van der Waals surface area (Å²) >= 11 is 2.60. The fourth-order valence-electron chi connectivity index (χ4n) is 4.20. The number of aromatic nitrogens is 1. The number of fused-ring (bicyclic) bond motifs is 1. The Hall–Kier alpha value is -2.05. The fourth-order valence-corrected chi connectivity index (χ4v) is 7.99. The second-order valence-corrected chi connectivity index (χ2v) is 12.1. The summed E-state index contributed by atoms with van der Waals surface area (Å²) < 4.78 is 34.4. The largest absolute Gasteiger partial charge is 0.497 e. The zero-order valence-corrected chi connectivity index (χ0v) is 22.1. The first-order chi connectivity index (χ1) is 16.4. The van der Waals surface area contributed by atoms with Gasteiger partial charge in [0.15, 0.2) is 5.13 Å². The number of carbonyl (C=O) groups is 1. The number of methoxy groups -OCH3 is 1. The highest BCUT2D eigenvalue weighted by Crippen LogP contribution is 2.34. The lowest BCUT2D eigenvalue weighted by atomic mass is 10.2. The predicted octanol–water partition coefficient (Wildman–Crippen LogP) is 3.89. The van der Waals surface area contributed by atoms with Gasteiger partial charge in [0.05, 0.1) is 17.3 Å². The number of ether oxygens (including phenoxy) is 1. The van der Waals surface area contributed by atoms with Crippen LogP contribution in [0.15, 0.2) is 39.9 Å². The second kappa shape index (κ2) is 10.7. The Labute approximate surface area is 208 Å². The monoisotopic (exact) mass is 522 g/mol. The van der Waals surface area contributed by atoms with Crippen molar-refractivity contribution in [1.82, 2.24) is 14.2 Å². The third-order valence-corrected chi connectivity index (χ3v) is 10.5. The zero-order chi connectivity index (χ0) is 24.3. The highest BCUT2D eigenvalue weighted by Gasteiger charge is 2.42. The summed E-state index contributed by atoms with van der Waals surface area (Å²) in [6, 6.07) is 8.22. The summed E-state index contributed by atoms with van der Waals surface area (Å²) in [6.45, 7) is 7.40. The number of hydrogen-bond acceptors (Lipinski definition) is 8. The fraction of sp³-hybridized carbons (Fsp3) is 0.478. The van der Waals surface area contributed by atoms with E-state index in [1.54, 1.807) is 29.5 Å². The van der Waals surface area contributed by atoms with Crippen molar-refractivity contribution in [2.75, 3.05) is 44.7 Å². The summed E-state index contributed by atoms with van der Waals surface area (Å²) in [4.78, 5) is 22.6. The van der Waals surface area contributed by atoms with Gasteiger partial charge in [-0.15, -0.1) is 11.3 Å². The molecule has 3 heterocycles. The van der Waals surface area contributed by atoms with E-state index in [0.717, 1.165) is 29.1 Å². The Morgan fingerprint density at radius 2 is 2.03 bits per heavy atom. The molecule has 0 bridgehead atoms. The van der Waals surface area contributed by atoms with Gasteiger partial charge in [-0.25, -0.2) is 13.4 Å². The van der Waals surface area contributed by atoms with E-state index in [1.807, 2.05) is 18.2 Å². The van der Waals surface area contributed by atoms with Crippen molar-refractivity contribution in [2.24, 2.45) is 0 Å². The number of sulfonamides is 1. The minimum atomic E-state index is -3.72. The summed E-state index contributed by atoms with van der Waals surface area (Å²) in [6.07, 6.45) is 1.16. The minimum absolute atomic E-state index is 0.212. The molecular weight excluding hydrogens is 492 g/mol. The number of benzene rings is 1. The molecular formula is C23H30N4O4S3. The molecule has 1 unspecified atom stereocenters. The van der Waals surface area contributed by atoms with Crippen molar-refractivity contribution in [3.05, 3.63) is 35.7 Å². The topological polar surface area (TPSA) is 83.0 Å². The van der Waals surface area contributed by atoms with Crippen LogP contribution in [0.3, 0.4) is 0 Å². The molecule has 1 aromatic carbocycles. The van der Waals surface area contributed by atoms with Crippen LogP contribution < -0.4 is 9.64 Å². The first-order valence-electron chi connectivity index (χ1n) is 11.4. The average Bonchev–Trinajstić information content (AvgIpc) is 3.61. The maximum atomic E-state index is 13.9. The first kappa shape index (κ1) is 25.1. The van der Waals surface area contributed by atoms with E-state index >= 15 is 0 Å². The summed E-state index contributed by atoms with van der Waals surface area (Å²) in [5.41, 5.74) is 0.788. The molecule has 0 N–H and O–H groups in total. The number of carbonyl (C=O) groups excluding carboxylic acids is 1. The molecule has 1 aliphatic heterocycles. The van der Waals surface area contributed by atoms with Gasteiger partial charge in [0.25, 0.3) is 10.0 Å². The van der Waals surface area contributed by atoms with E-state index in [2.05, 4.69) is 18.7 Å². The van der Waals surface area contributed by atoms with Crippen LogP contribution in [0.5, 0.6) is 5.75 Å². The van der Waals surface area contributed by atoms with Crippen LogP contribution in [-0.2, 0) is 14.8 Å². The molecule has 0 aliphatic carbocycles. The van der Waals surface area contributed by atoms with Crippen LogP contribution in [0.4, 0.5) is 5.13 Å². The van der Waals surface area contributed by atoms with E-state index in [1.165, 1.54) is 27.0 Å². The van der Waals surface area contributed by atoms with Gasteiger partial charge >= 0.3 is 0 Å². The number of nitrogens with zero attached hydrogens (tertiary/aromatic N) is 4. The molecule has 3 aromatic rings. The van der Waals surface area contributed by atoms with Crippen molar-refractivity contribution in [3.63, 3.8) is 0 Å². The van der Waals surface area contributed by atoms with Gasteiger partial charge in [0.2, 0.25) is 5.91 Å². The molecule has 1 aliphatic rings. The SMILES string of the molecule is CCN(CC)CCN(C(=O)C1CCCN1S(=O)(=O)c1cccs1)c1nc2ccc(OC)cc2s1. The van der Waals surface area contributed by atoms with E-state index in [0.29, 0.717) is 37.6 Å². The van der Waals surface area contributed by atoms with E-state index in [4.69, 9.17) is 9.72 Å². The van der Waals surface area contributed by atoms with Gasteiger partial charge in [-0.1, -0.05) is 31.3 Å². The molecule has 1 amide bonds. The summed E-state index contributed by atoms with van der Waals surface area (Å²) in [7, 11) is -2.10. The van der Waals surface area contributed by atoms with Crippen molar-refractivity contribution < 1.29 is 17.9 Å². The molecule has 11 heteroatoms. The number of likely N-dealkylation sites (N-methyl/N-ethyl adjacent to an activating group) is 1. The van der Waals surface area contributed by atoms with Gasteiger partial charge in [0.1, 0.15) is 16.0 Å². The minimum Gasteiger partial charge on any atom is -0.497 e. The first-order valence-corrected chi connectivity index (χ1v) is 14.6. The Kier molecular flexibility index (Phi) is 7.88. The third kappa shape index (κ3) is 4.99. The van der Waals surface area contributed by atoms with Crippen LogP contribution >= 0.6 is 22.7 Å². The van der Waals surface area contributed by atoms with Crippen LogP contribution in [0.2, 0.25) is 0 Å². The van der Waals surface area contributed by atoms with Crippen LogP contribution in [-0.4, -0.2) is 74.4 Å². The van der Waals surface area contributed by atoms with Gasteiger partial charge < -0.3 is 9.64 Å². The lowest BCUT2D eigenvalue weighted by Gasteiger charge is -2.29. The average molecular weight is 523 g/mol. The summed E-state index contributed by atoms with van der Waals surface area (Å²) in [5, 5.41) is 2.33. The molecule has 1 atom stereocenters. The molecule has 1 fully saturated rings. The van der Waals surface area contributed by atoms with Crippen molar-refractivity contribution in [1.29, 1.82) is 0 Å². The highest BCUT2D eigenvalue weighted by atomic mass is 32.2. The molecule has 0 saturated carbocycles. The van der Waals surface area contributed by atoms with Crippen LogP contribution in [0.1, 0.15) is 26.7 Å². The maximum absolute atomic E-state index is 13.9. The van der Waals surface area contributed by atoms with E-state index in [9.17, 15) is 13.2 Å². The van der Waals surface area contributed by atoms with Crippen molar-refractivity contribution in [3.8, 4) is 5.75 Å². The number of amides is 1. The maximum Gasteiger partial charge on any atom is 0.253 e. The smallest absolute Gasteiger partial charge is 0.253 e. The molecule has 184 valence electrons. The van der Waals surface area contributed by atoms with Gasteiger partial charge in [-0.3, -0.25) is 9.69 Å². The number of thiazole rings is 1. The van der Waals surface area contributed by atoms with Gasteiger partial charge in [-0.2, -0.15) is 4.31 Å². The molecule has 0 radical (unpaired) electrons. The van der Waals surface area contributed by atoms with Crippen LogP contribution in [0.25, 0.3) is 10.2 Å². The van der Waals surface area contributed by atoms with Crippen molar-refractivity contribution >= 4 is 54.0 Å². The lowest BCUT2D eigenvalue weighted by molar-refractivity contribution is -0.121. The molecule has 8 nitrogen and oxygen atoms in total. The molecule has 34 heavy (non-hydrogen) atoms. The highest BCUT2D eigenvalue weighted by molar-refractivity contribution is 7.91. The van der Waals surface area contributed by atoms with E-state index in [-0.39, 0.29) is 10.1 Å². The molecule has 2 aromatic heterocycles. The molecule has 1 saturated heterocycles. The summed E-state index contributed by atoms with van der Waals surface area (Å²) in [5.74, 6) is 0.517. The normalized spacial score (nSPS) is 17.0. The molecule has 0 spiro atoms. The number of hydrogen-bond donors (Lipinski definition) is 0.